The van der Waals surface area contributed by atoms with Crippen LogP contribution in [0.15, 0.2) is 72.8 Å². The number of benzene rings is 3. The van der Waals surface area contributed by atoms with Gasteiger partial charge in [0.25, 0.3) is 0 Å². The first-order valence-corrected chi connectivity index (χ1v) is 8.33. The molecule has 0 bridgehead atoms. The van der Waals surface area contributed by atoms with E-state index in [2.05, 4.69) is 76.6 Å². The minimum Gasteiger partial charge on any atom is -0.495 e. The highest BCUT2D eigenvalue weighted by Gasteiger charge is 2.14. The van der Waals surface area contributed by atoms with E-state index < -0.39 is 0 Å². The van der Waals surface area contributed by atoms with E-state index in [9.17, 15) is 0 Å². The second kappa shape index (κ2) is 6.80. The van der Waals surface area contributed by atoms with E-state index in [1.807, 2.05) is 12.1 Å². The molecule has 0 spiro atoms. The zero-order valence-electron chi connectivity index (χ0n) is 12.4. The van der Waals surface area contributed by atoms with Crippen LogP contribution in [0.3, 0.4) is 0 Å². The Morgan fingerprint density at radius 2 is 1.23 bits per heavy atom. The second-order valence-electron chi connectivity index (χ2n) is 5.09. The molecule has 0 radical (unpaired) electrons. The summed E-state index contributed by atoms with van der Waals surface area (Å²) in [5, 5.41) is 0.816. The summed E-state index contributed by atoms with van der Waals surface area (Å²) in [5.41, 5.74) is 5.81. The van der Waals surface area contributed by atoms with Crippen LogP contribution in [-0.4, -0.2) is 7.11 Å². The van der Waals surface area contributed by atoms with Crippen molar-refractivity contribution in [3.63, 3.8) is 0 Å². The normalized spacial score (nSPS) is 10.5. The van der Waals surface area contributed by atoms with Gasteiger partial charge in [0.2, 0.25) is 0 Å². The van der Waals surface area contributed by atoms with Gasteiger partial charge in [0, 0.05) is 16.5 Å². The van der Waals surface area contributed by atoms with E-state index in [0.717, 1.165) is 22.2 Å². The van der Waals surface area contributed by atoms with Crippen LogP contribution in [0.25, 0.3) is 22.3 Å². The van der Waals surface area contributed by atoms with Crippen LogP contribution in [0.2, 0.25) is 0 Å². The number of rotatable bonds is 4. The minimum absolute atomic E-state index is 0.816. The Kier molecular flexibility index (Phi) is 4.59. The summed E-state index contributed by atoms with van der Waals surface area (Å²) in [6.45, 7) is 0. The second-order valence-corrected chi connectivity index (χ2v) is 5.65. The lowest BCUT2D eigenvalue weighted by atomic mass is 9.95. The predicted octanol–water partition coefficient (Wildman–Crippen LogP) is 5.92. The molecule has 0 saturated heterocycles. The number of halogens is 1. The molecule has 0 aliphatic heterocycles. The molecule has 110 valence electrons. The Bertz CT molecular complexity index is 691. The molecule has 3 aromatic carbocycles. The van der Waals surface area contributed by atoms with E-state index in [0.29, 0.717) is 0 Å². The number of alkyl halides is 1. The summed E-state index contributed by atoms with van der Waals surface area (Å²) in [7, 11) is 1.74. The Hall–Kier alpha value is -2.06. The number of hydrogen-bond acceptors (Lipinski definition) is 1. The summed E-state index contributed by atoms with van der Waals surface area (Å²) in [6, 6.07) is 25.1. The molecule has 0 unspecified atom stereocenters. The van der Waals surface area contributed by atoms with E-state index in [1.54, 1.807) is 7.11 Å². The van der Waals surface area contributed by atoms with Crippen LogP contribution in [-0.2, 0) is 5.33 Å². The van der Waals surface area contributed by atoms with E-state index >= 15 is 0 Å². The van der Waals surface area contributed by atoms with Crippen molar-refractivity contribution in [3.05, 3.63) is 78.4 Å². The van der Waals surface area contributed by atoms with Crippen molar-refractivity contribution < 1.29 is 4.74 Å². The van der Waals surface area contributed by atoms with Crippen molar-refractivity contribution in [1.29, 1.82) is 0 Å². The summed E-state index contributed by atoms with van der Waals surface area (Å²) >= 11 is 3.58. The monoisotopic (exact) mass is 352 g/mol. The van der Waals surface area contributed by atoms with Gasteiger partial charge in [-0.2, -0.15) is 0 Å². The first-order valence-electron chi connectivity index (χ1n) is 7.21. The lowest BCUT2D eigenvalue weighted by molar-refractivity contribution is 0.418. The van der Waals surface area contributed by atoms with Crippen LogP contribution >= 0.6 is 15.9 Å². The molecule has 1 nitrogen and oxygen atoms in total. The quantitative estimate of drug-likeness (QED) is 0.529. The first kappa shape index (κ1) is 14.9. The SMILES string of the molecule is COc1c(-c2ccccc2)cc(CBr)cc1-c1ccccc1. The Morgan fingerprint density at radius 1 is 0.773 bits per heavy atom. The van der Waals surface area contributed by atoms with E-state index in [-0.39, 0.29) is 0 Å². The highest BCUT2D eigenvalue weighted by molar-refractivity contribution is 9.08. The first-order chi connectivity index (χ1) is 10.8. The molecule has 0 aromatic heterocycles. The van der Waals surface area contributed by atoms with Gasteiger partial charge in [0.15, 0.2) is 0 Å². The lowest BCUT2D eigenvalue weighted by Crippen LogP contribution is -1.94. The molecule has 22 heavy (non-hydrogen) atoms. The Morgan fingerprint density at radius 3 is 1.59 bits per heavy atom. The molecule has 0 saturated carbocycles. The predicted molar refractivity (Wildman–Crippen MR) is 96.5 cm³/mol. The molecule has 3 rings (SSSR count). The molecule has 0 aliphatic rings. The molecule has 0 fully saturated rings. The third-order valence-corrected chi connectivity index (χ3v) is 4.32. The van der Waals surface area contributed by atoms with Gasteiger partial charge >= 0.3 is 0 Å². The molecule has 0 atom stereocenters. The highest BCUT2D eigenvalue weighted by Crippen LogP contribution is 2.40. The fourth-order valence-electron chi connectivity index (χ4n) is 2.65. The molecule has 0 amide bonds. The zero-order valence-corrected chi connectivity index (χ0v) is 14.0. The van der Waals surface area contributed by atoms with Crippen molar-refractivity contribution in [2.75, 3.05) is 7.11 Å². The average molecular weight is 353 g/mol. The van der Waals surface area contributed by atoms with Crippen molar-refractivity contribution in [3.8, 4) is 28.0 Å². The minimum atomic E-state index is 0.816. The van der Waals surface area contributed by atoms with Crippen LogP contribution in [0.1, 0.15) is 5.56 Å². The molecular weight excluding hydrogens is 336 g/mol. The average Bonchev–Trinajstić information content (AvgIpc) is 2.62. The van der Waals surface area contributed by atoms with Gasteiger partial charge in [-0.15, -0.1) is 0 Å². The highest BCUT2D eigenvalue weighted by atomic mass is 79.9. The largest absolute Gasteiger partial charge is 0.495 e. The molecular formula is C20H17BrO. The smallest absolute Gasteiger partial charge is 0.134 e. The van der Waals surface area contributed by atoms with Gasteiger partial charge in [-0.05, 0) is 28.8 Å². The Labute approximate surface area is 139 Å². The van der Waals surface area contributed by atoms with Crippen molar-refractivity contribution in [2.45, 2.75) is 5.33 Å². The van der Waals surface area contributed by atoms with E-state index in [4.69, 9.17) is 4.74 Å². The maximum atomic E-state index is 5.77. The lowest BCUT2D eigenvalue weighted by Gasteiger charge is -2.16. The summed E-state index contributed by atoms with van der Waals surface area (Å²) < 4.78 is 5.77. The van der Waals surface area contributed by atoms with Crippen molar-refractivity contribution in [1.82, 2.24) is 0 Å². The van der Waals surface area contributed by atoms with Gasteiger partial charge in [0.05, 0.1) is 7.11 Å². The van der Waals surface area contributed by atoms with E-state index in [1.165, 1.54) is 16.7 Å². The molecule has 0 N–H and O–H groups in total. The van der Waals surface area contributed by atoms with Crippen molar-refractivity contribution >= 4 is 15.9 Å². The van der Waals surface area contributed by atoms with Gasteiger partial charge in [-0.3, -0.25) is 0 Å². The fourth-order valence-corrected chi connectivity index (χ4v) is 2.97. The standard InChI is InChI=1S/C20H17BrO/c1-22-20-18(16-8-4-2-5-9-16)12-15(14-21)13-19(20)17-10-6-3-7-11-17/h2-13H,14H2,1H3. The fraction of sp³-hybridized carbons (Fsp3) is 0.100. The van der Waals surface area contributed by atoms with Gasteiger partial charge < -0.3 is 4.74 Å². The zero-order chi connectivity index (χ0) is 15.4. The van der Waals surface area contributed by atoms with Crippen LogP contribution < -0.4 is 4.74 Å². The van der Waals surface area contributed by atoms with Gasteiger partial charge in [-0.1, -0.05) is 76.6 Å². The third kappa shape index (κ3) is 2.93. The number of hydrogen-bond donors (Lipinski definition) is 0. The van der Waals surface area contributed by atoms with Crippen LogP contribution in [0, 0.1) is 0 Å². The molecule has 0 aliphatic carbocycles. The van der Waals surface area contributed by atoms with Crippen molar-refractivity contribution in [2.24, 2.45) is 0 Å². The third-order valence-electron chi connectivity index (χ3n) is 3.68. The maximum Gasteiger partial charge on any atom is 0.134 e. The Balaban J connectivity index is 2.26. The van der Waals surface area contributed by atoms with Crippen LogP contribution in [0.5, 0.6) is 5.75 Å². The number of ether oxygens (including phenoxy) is 1. The molecule has 0 heterocycles. The van der Waals surface area contributed by atoms with Gasteiger partial charge in [0.1, 0.15) is 5.75 Å². The molecule has 2 heteroatoms. The summed E-state index contributed by atoms with van der Waals surface area (Å²) in [4.78, 5) is 0. The van der Waals surface area contributed by atoms with Gasteiger partial charge in [-0.25, -0.2) is 0 Å². The summed E-state index contributed by atoms with van der Waals surface area (Å²) in [5.74, 6) is 0.919. The molecule has 3 aromatic rings. The topological polar surface area (TPSA) is 9.23 Å². The maximum absolute atomic E-state index is 5.77. The van der Waals surface area contributed by atoms with Crippen LogP contribution in [0.4, 0.5) is 0 Å². The summed E-state index contributed by atoms with van der Waals surface area (Å²) in [6.07, 6.45) is 0. The number of methoxy groups -OCH3 is 1.